The van der Waals surface area contributed by atoms with Crippen LogP contribution in [-0.2, 0) is 0 Å². The maximum Gasteiger partial charge on any atom is 0.170 e. The first-order chi connectivity index (χ1) is 10.1. The van der Waals surface area contributed by atoms with E-state index in [-0.39, 0.29) is 17.6 Å². The van der Waals surface area contributed by atoms with Gasteiger partial charge in [-0.15, -0.1) is 0 Å². The van der Waals surface area contributed by atoms with E-state index in [1.807, 2.05) is 25.1 Å². The predicted octanol–water partition coefficient (Wildman–Crippen LogP) is 5.06. The van der Waals surface area contributed by atoms with E-state index < -0.39 is 0 Å². The number of hydrogen-bond acceptors (Lipinski definition) is 2. The smallest absolute Gasteiger partial charge is 0.170 e. The van der Waals surface area contributed by atoms with Crippen LogP contribution in [0.25, 0.3) is 0 Å². The van der Waals surface area contributed by atoms with Crippen LogP contribution in [0.3, 0.4) is 0 Å². The second kappa shape index (κ2) is 7.38. The lowest BCUT2D eigenvalue weighted by atomic mass is 9.98. The molecule has 2 rings (SSSR count). The van der Waals surface area contributed by atoms with E-state index in [2.05, 4.69) is 37.2 Å². The first-order valence-corrected chi connectivity index (χ1v) is 8.17. The minimum atomic E-state index is -0.331. The molecule has 0 spiro atoms. The molecule has 0 fully saturated rings. The van der Waals surface area contributed by atoms with Crippen molar-refractivity contribution in [3.8, 4) is 5.75 Å². The van der Waals surface area contributed by atoms with Crippen molar-refractivity contribution in [3.05, 3.63) is 62.3 Å². The van der Waals surface area contributed by atoms with Crippen LogP contribution in [0.4, 0.5) is 4.39 Å². The van der Waals surface area contributed by atoms with Crippen LogP contribution in [-0.4, -0.2) is 13.7 Å². The first kappa shape index (κ1) is 16.5. The number of nitrogens with one attached hydrogen (secondary N) is 1. The molecule has 2 aromatic carbocycles. The number of halogens is 3. The monoisotopic (exact) mass is 415 g/mol. The molecule has 0 bridgehead atoms. The molecule has 0 amide bonds. The van der Waals surface area contributed by atoms with Crippen molar-refractivity contribution in [2.24, 2.45) is 0 Å². The number of benzene rings is 2. The lowest BCUT2D eigenvalue weighted by Crippen LogP contribution is -2.23. The van der Waals surface area contributed by atoms with E-state index in [9.17, 15) is 4.39 Å². The van der Waals surface area contributed by atoms with Crippen molar-refractivity contribution < 1.29 is 9.13 Å². The summed E-state index contributed by atoms with van der Waals surface area (Å²) in [5, 5.41) is 3.32. The summed E-state index contributed by atoms with van der Waals surface area (Å²) < 4.78 is 21.5. The van der Waals surface area contributed by atoms with Gasteiger partial charge in [-0.05, 0) is 36.4 Å². The molecule has 0 heterocycles. The first-order valence-electron chi connectivity index (χ1n) is 6.58. The molecule has 2 nitrogen and oxygen atoms in total. The van der Waals surface area contributed by atoms with Gasteiger partial charge in [-0.1, -0.05) is 50.9 Å². The maximum absolute atomic E-state index is 14.5. The molecular weight excluding hydrogens is 401 g/mol. The van der Waals surface area contributed by atoms with Crippen LogP contribution >= 0.6 is 31.9 Å². The van der Waals surface area contributed by atoms with E-state index in [1.54, 1.807) is 18.2 Å². The van der Waals surface area contributed by atoms with Gasteiger partial charge < -0.3 is 10.1 Å². The summed E-state index contributed by atoms with van der Waals surface area (Å²) in [5.41, 5.74) is 1.55. The van der Waals surface area contributed by atoms with Gasteiger partial charge in [0.1, 0.15) is 0 Å². The van der Waals surface area contributed by atoms with E-state index in [1.165, 1.54) is 7.11 Å². The van der Waals surface area contributed by atoms with Gasteiger partial charge in [0, 0.05) is 14.5 Å². The third-order valence-electron chi connectivity index (χ3n) is 3.15. The topological polar surface area (TPSA) is 21.3 Å². The van der Waals surface area contributed by atoms with Crippen molar-refractivity contribution in [2.45, 2.75) is 13.0 Å². The summed E-state index contributed by atoms with van der Waals surface area (Å²) >= 11 is 6.95. The molecule has 1 unspecified atom stereocenters. The lowest BCUT2D eigenvalue weighted by molar-refractivity contribution is 0.381. The van der Waals surface area contributed by atoms with Crippen LogP contribution in [0.5, 0.6) is 5.75 Å². The van der Waals surface area contributed by atoms with Crippen LogP contribution in [0, 0.1) is 5.82 Å². The maximum atomic E-state index is 14.5. The van der Waals surface area contributed by atoms with E-state index >= 15 is 0 Å². The van der Waals surface area contributed by atoms with Crippen LogP contribution in [0.1, 0.15) is 24.1 Å². The highest BCUT2D eigenvalue weighted by molar-refractivity contribution is 9.11. The Labute approximate surface area is 141 Å². The fourth-order valence-corrected chi connectivity index (χ4v) is 3.59. The summed E-state index contributed by atoms with van der Waals surface area (Å²) in [6.07, 6.45) is 0. The largest absolute Gasteiger partial charge is 0.494 e. The standard InChI is InChI=1S/C16H16Br2FNO/c1-3-20-16(10-7-11(17)9-12(18)8-10)13-5-4-6-14(21-2)15(13)19/h4-9,16,20H,3H2,1-2H3. The van der Waals surface area contributed by atoms with Crippen molar-refractivity contribution in [3.63, 3.8) is 0 Å². The van der Waals surface area contributed by atoms with Crippen molar-refractivity contribution in [2.75, 3.05) is 13.7 Å². The Balaban J connectivity index is 2.53. The highest BCUT2D eigenvalue weighted by Crippen LogP contribution is 2.32. The molecule has 0 aromatic heterocycles. The highest BCUT2D eigenvalue weighted by atomic mass is 79.9. The summed E-state index contributed by atoms with van der Waals surface area (Å²) in [4.78, 5) is 0. The number of hydrogen-bond donors (Lipinski definition) is 1. The molecule has 5 heteroatoms. The van der Waals surface area contributed by atoms with Gasteiger partial charge in [0.05, 0.1) is 13.2 Å². The van der Waals surface area contributed by atoms with Crippen LogP contribution in [0.15, 0.2) is 45.3 Å². The van der Waals surface area contributed by atoms with Crippen LogP contribution < -0.4 is 10.1 Å². The van der Waals surface area contributed by atoms with Crippen molar-refractivity contribution in [1.82, 2.24) is 5.32 Å². The minimum Gasteiger partial charge on any atom is -0.494 e. The van der Waals surface area contributed by atoms with Gasteiger partial charge in [-0.25, -0.2) is 4.39 Å². The number of methoxy groups -OCH3 is 1. The summed E-state index contributed by atoms with van der Waals surface area (Å²) in [5.74, 6) is -0.0773. The summed E-state index contributed by atoms with van der Waals surface area (Å²) in [6, 6.07) is 10.9. The Morgan fingerprint density at radius 1 is 1.19 bits per heavy atom. The molecule has 21 heavy (non-hydrogen) atoms. The third kappa shape index (κ3) is 3.84. The van der Waals surface area contributed by atoms with Gasteiger partial charge >= 0.3 is 0 Å². The Bertz CT molecular complexity index is 613. The highest BCUT2D eigenvalue weighted by Gasteiger charge is 2.20. The molecule has 0 aliphatic carbocycles. The molecule has 0 radical (unpaired) electrons. The zero-order valence-electron chi connectivity index (χ0n) is 11.8. The van der Waals surface area contributed by atoms with Crippen molar-refractivity contribution in [1.29, 1.82) is 0 Å². The Morgan fingerprint density at radius 2 is 1.86 bits per heavy atom. The Kier molecular flexibility index (Phi) is 5.79. The van der Waals surface area contributed by atoms with Crippen molar-refractivity contribution >= 4 is 31.9 Å². The van der Waals surface area contributed by atoms with Crippen LogP contribution in [0.2, 0.25) is 0 Å². The molecule has 112 valence electrons. The zero-order valence-corrected chi connectivity index (χ0v) is 15.0. The Hall–Kier alpha value is -0.910. The fraction of sp³-hybridized carbons (Fsp3) is 0.250. The van der Waals surface area contributed by atoms with E-state index in [0.29, 0.717) is 5.56 Å². The normalized spacial score (nSPS) is 12.2. The van der Waals surface area contributed by atoms with Gasteiger partial charge in [-0.3, -0.25) is 0 Å². The molecular formula is C16H16Br2FNO. The number of ether oxygens (including phenoxy) is 1. The van der Waals surface area contributed by atoms with Gasteiger partial charge in [0.2, 0.25) is 0 Å². The molecule has 0 aliphatic rings. The fourth-order valence-electron chi connectivity index (χ4n) is 2.26. The average Bonchev–Trinajstić information content (AvgIpc) is 2.44. The minimum absolute atomic E-state index is 0.237. The third-order valence-corrected chi connectivity index (χ3v) is 4.07. The van der Waals surface area contributed by atoms with Gasteiger partial charge in [0.15, 0.2) is 11.6 Å². The van der Waals surface area contributed by atoms with Gasteiger partial charge in [0.25, 0.3) is 0 Å². The molecule has 0 saturated carbocycles. The average molecular weight is 417 g/mol. The molecule has 1 atom stereocenters. The summed E-state index contributed by atoms with van der Waals surface area (Å²) in [6.45, 7) is 2.73. The molecule has 0 aliphatic heterocycles. The lowest BCUT2D eigenvalue weighted by Gasteiger charge is -2.21. The van der Waals surface area contributed by atoms with E-state index in [4.69, 9.17) is 4.74 Å². The predicted molar refractivity (Wildman–Crippen MR) is 90.3 cm³/mol. The second-order valence-electron chi connectivity index (χ2n) is 4.56. The zero-order chi connectivity index (χ0) is 15.4. The van der Waals surface area contributed by atoms with E-state index in [0.717, 1.165) is 21.1 Å². The summed E-state index contributed by atoms with van der Waals surface area (Å²) in [7, 11) is 1.47. The Morgan fingerprint density at radius 3 is 2.43 bits per heavy atom. The quantitative estimate of drug-likeness (QED) is 0.735. The SMILES string of the molecule is CCNC(c1cc(Br)cc(Br)c1)c1cccc(OC)c1F. The second-order valence-corrected chi connectivity index (χ2v) is 6.39. The molecule has 1 N–H and O–H groups in total. The molecule has 2 aromatic rings. The number of rotatable bonds is 5. The molecule has 0 saturated heterocycles. The van der Waals surface area contributed by atoms with Gasteiger partial charge in [-0.2, -0.15) is 0 Å².